The van der Waals surface area contributed by atoms with Crippen LogP contribution in [-0.2, 0) is 13.0 Å². The van der Waals surface area contributed by atoms with Gasteiger partial charge in [0.1, 0.15) is 0 Å². The molecule has 0 radical (unpaired) electrons. The average molecular weight is 308 g/mol. The van der Waals surface area contributed by atoms with Crippen molar-refractivity contribution in [2.45, 2.75) is 19.9 Å². The van der Waals surface area contributed by atoms with Gasteiger partial charge in [-0.1, -0.05) is 15.9 Å². The number of nitrogen functional groups attached to an aromatic ring is 1. The number of benzene rings is 1. The Morgan fingerprint density at radius 1 is 1.44 bits per heavy atom. The van der Waals surface area contributed by atoms with Crippen molar-refractivity contribution in [3.8, 4) is 0 Å². The number of nitrogens with two attached hydrogens (primary N) is 1. The second-order valence-corrected chi connectivity index (χ2v) is 4.99. The highest BCUT2D eigenvalue weighted by Crippen LogP contribution is 2.18. The lowest BCUT2D eigenvalue weighted by Crippen LogP contribution is -2.04. The minimum Gasteiger partial charge on any atom is -0.399 e. The van der Waals surface area contributed by atoms with E-state index in [0.717, 1.165) is 16.6 Å². The third-order valence-corrected chi connectivity index (χ3v) is 3.08. The molecule has 18 heavy (non-hydrogen) atoms. The molecule has 2 N–H and O–H groups in total. The van der Waals surface area contributed by atoms with E-state index in [1.807, 2.05) is 13.1 Å². The Morgan fingerprint density at radius 3 is 2.83 bits per heavy atom. The van der Waals surface area contributed by atoms with Crippen LogP contribution in [0.2, 0.25) is 0 Å². The molecule has 0 spiro atoms. The molecule has 0 fully saturated rings. The maximum atomic E-state index is 12.1. The van der Waals surface area contributed by atoms with Gasteiger partial charge in [-0.05, 0) is 30.7 Å². The van der Waals surface area contributed by atoms with Crippen LogP contribution in [0.5, 0.6) is 0 Å². The van der Waals surface area contributed by atoms with Gasteiger partial charge < -0.3 is 5.73 Å². The highest BCUT2D eigenvalue weighted by Gasteiger charge is 2.10. The molecule has 0 amide bonds. The average Bonchev–Trinajstić information content (AvgIpc) is 2.75. The number of aryl methyl sites for hydroxylation is 1. The predicted octanol–water partition coefficient (Wildman–Crippen LogP) is 2.67. The molecule has 0 bridgehead atoms. The minimum atomic E-state index is 0.0404. The van der Waals surface area contributed by atoms with E-state index in [9.17, 15) is 4.79 Å². The van der Waals surface area contributed by atoms with Gasteiger partial charge in [-0.25, -0.2) is 0 Å². The van der Waals surface area contributed by atoms with Crippen molar-refractivity contribution in [3.05, 3.63) is 46.2 Å². The zero-order valence-electron chi connectivity index (χ0n) is 10.1. The summed E-state index contributed by atoms with van der Waals surface area (Å²) in [5.41, 5.74) is 7.83. The Balaban J connectivity index is 2.16. The Bertz CT molecular complexity index is 557. The van der Waals surface area contributed by atoms with Gasteiger partial charge in [-0.2, -0.15) is 5.10 Å². The zero-order chi connectivity index (χ0) is 13.1. The number of aromatic nitrogens is 2. The van der Waals surface area contributed by atoms with E-state index in [-0.39, 0.29) is 5.78 Å². The van der Waals surface area contributed by atoms with Crippen LogP contribution >= 0.6 is 15.9 Å². The summed E-state index contributed by atoms with van der Waals surface area (Å²) in [6.45, 7) is 2.81. The van der Waals surface area contributed by atoms with Gasteiger partial charge in [0.2, 0.25) is 0 Å². The van der Waals surface area contributed by atoms with E-state index in [0.29, 0.717) is 17.7 Å². The quantitative estimate of drug-likeness (QED) is 0.698. The van der Waals surface area contributed by atoms with Crippen molar-refractivity contribution in [1.82, 2.24) is 9.78 Å². The van der Waals surface area contributed by atoms with Gasteiger partial charge in [0.15, 0.2) is 5.78 Å². The Hall–Kier alpha value is -1.62. The summed E-state index contributed by atoms with van der Waals surface area (Å²) in [5.74, 6) is 0.0404. The SMILES string of the molecule is CCn1cc(CC(=O)c2cc(N)cc(Br)c2)cn1. The van der Waals surface area contributed by atoms with Crippen molar-refractivity contribution in [3.63, 3.8) is 0 Å². The molecule has 2 rings (SSSR count). The number of rotatable bonds is 4. The van der Waals surface area contributed by atoms with Crippen molar-refractivity contribution in [2.75, 3.05) is 5.73 Å². The molecule has 0 aliphatic carbocycles. The molecule has 1 heterocycles. The molecule has 0 unspecified atom stereocenters. The normalized spacial score (nSPS) is 10.6. The van der Waals surface area contributed by atoms with E-state index in [1.165, 1.54) is 0 Å². The molecule has 1 aromatic carbocycles. The van der Waals surface area contributed by atoms with Gasteiger partial charge in [-0.15, -0.1) is 0 Å². The van der Waals surface area contributed by atoms with Crippen molar-refractivity contribution in [1.29, 1.82) is 0 Å². The maximum Gasteiger partial charge on any atom is 0.167 e. The van der Waals surface area contributed by atoms with E-state index in [2.05, 4.69) is 21.0 Å². The van der Waals surface area contributed by atoms with Crippen LogP contribution in [0.1, 0.15) is 22.8 Å². The molecule has 0 saturated carbocycles. The minimum absolute atomic E-state index is 0.0404. The van der Waals surface area contributed by atoms with E-state index in [1.54, 1.807) is 29.1 Å². The molecule has 5 heteroatoms. The van der Waals surface area contributed by atoms with Crippen LogP contribution in [0.4, 0.5) is 5.69 Å². The standard InChI is InChI=1S/C13H14BrN3O/c1-2-17-8-9(7-16-17)3-13(18)10-4-11(14)6-12(15)5-10/h4-8H,2-3,15H2,1H3. The highest BCUT2D eigenvalue weighted by atomic mass is 79.9. The second-order valence-electron chi connectivity index (χ2n) is 4.08. The number of nitrogens with zero attached hydrogens (tertiary/aromatic N) is 2. The van der Waals surface area contributed by atoms with Crippen LogP contribution in [0.15, 0.2) is 35.1 Å². The Labute approximate surface area is 114 Å². The zero-order valence-corrected chi connectivity index (χ0v) is 11.6. The molecule has 0 aliphatic rings. The first kappa shape index (κ1) is 12.8. The lowest BCUT2D eigenvalue weighted by molar-refractivity contribution is 0.0993. The highest BCUT2D eigenvalue weighted by molar-refractivity contribution is 9.10. The Morgan fingerprint density at radius 2 is 2.22 bits per heavy atom. The van der Waals surface area contributed by atoms with Crippen LogP contribution in [0.3, 0.4) is 0 Å². The molecule has 2 aromatic rings. The molecular formula is C13H14BrN3O. The summed E-state index contributed by atoms with van der Waals surface area (Å²) in [5, 5.41) is 4.15. The number of ketones is 1. The summed E-state index contributed by atoms with van der Waals surface area (Å²) < 4.78 is 2.62. The maximum absolute atomic E-state index is 12.1. The van der Waals surface area contributed by atoms with Gasteiger partial charge in [0.05, 0.1) is 6.20 Å². The number of halogens is 1. The summed E-state index contributed by atoms with van der Waals surface area (Å²) in [4.78, 5) is 12.1. The Kier molecular flexibility index (Phi) is 3.81. The van der Waals surface area contributed by atoms with Crippen molar-refractivity contribution in [2.24, 2.45) is 0 Å². The first-order chi connectivity index (χ1) is 8.58. The lowest BCUT2D eigenvalue weighted by atomic mass is 10.0. The molecule has 0 aliphatic heterocycles. The van der Waals surface area contributed by atoms with Gasteiger partial charge in [-0.3, -0.25) is 9.48 Å². The van der Waals surface area contributed by atoms with Crippen molar-refractivity contribution >= 4 is 27.4 Å². The van der Waals surface area contributed by atoms with Gasteiger partial charge >= 0.3 is 0 Å². The largest absolute Gasteiger partial charge is 0.399 e. The molecular weight excluding hydrogens is 294 g/mol. The number of Topliss-reactive ketones (excluding diaryl/α,β-unsaturated/α-hetero) is 1. The molecule has 0 atom stereocenters. The van der Waals surface area contributed by atoms with Gasteiger partial charge in [0, 0.05) is 34.9 Å². The number of carbonyl (C=O) groups is 1. The fourth-order valence-electron chi connectivity index (χ4n) is 1.73. The third-order valence-electron chi connectivity index (χ3n) is 2.62. The van der Waals surface area contributed by atoms with Gasteiger partial charge in [0.25, 0.3) is 0 Å². The summed E-state index contributed by atoms with van der Waals surface area (Å²) in [7, 11) is 0. The fourth-order valence-corrected chi connectivity index (χ4v) is 2.24. The van der Waals surface area contributed by atoms with Crippen molar-refractivity contribution < 1.29 is 4.79 Å². The monoisotopic (exact) mass is 307 g/mol. The summed E-state index contributed by atoms with van der Waals surface area (Å²) in [6.07, 6.45) is 3.96. The molecule has 94 valence electrons. The third kappa shape index (κ3) is 2.98. The van der Waals surface area contributed by atoms with E-state index >= 15 is 0 Å². The molecule has 0 saturated heterocycles. The molecule has 1 aromatic heterocycles. The first-order valence-electron chi connectivity index (χ1n) is 5.69. The smallest absolute Gasteiger partial charge is 0.167 e. The number of hydrogen-bond donors (Lipinski definition) is 1. The van der Waals surface area contributed by atoms with Crippen LogP contribution < -0.4 is 5.73 Å². The summed E-state index contributed by atoms with van der Waals surface area (Å²) in [6, 6.07) is 5.24. The van der Waals surface area contributed by atoms with E-state index < -0.39 is 0 Å². The lowest BCUT2D eigenvalue weighted by Gasteiger charge is -2.02. The van der Waals surface area contributed by atoms with Crippen LogP contribution in [-0.4, -0.2) is 15.6 Å². The first-order valence-corrected chi connectivity index (χ1v) is 6.48. The topological polar surface area (TPSA) is 60.9 Å². The second kappa shape index (κ2) is 5.35. The number of carbonyl (C=O) groups excluding carboxylic acids is 1. The molecule has 4 nitrogen and oxygen atoms in total. The van der Waals surface area contributed by atoms with Crippen LogP contribution in [0, 0.1) is 0 Å². The number of hydrogen-bond acceptors (Lipinski definition) is 3. The fraction of sp³-hybridized carbons (Fsp3) is 0.231. The number of anilines is 1. The van der Waals surface area contributed by atoms with E-state index in [4.69, 9.17) is 5.73 Å². The predicted molar refractivity (Wildman–Crippen MR) is 74.5 cm³/mol. The van der Waals surface area contributed by atoms with Crippen LogP contribution in [0.25, 0.3) is 0 Å². The summed E-state index contributed by atoms with van der Waals surface area (Å²) >= 11 is 3.33.